The van der Waals surface area contributed by atoms with Crippen molar-refractivity contribution in [3.8, 4) is 0 Å². The van der Waals surface area contributed by atoms with Crippen molar-refractivity contribution in [3.63, 3.8) is 0 Å². The number of nitrogens with one attached hydrogen (secondary N) is 1. The van der Waals surface area contributed by atoms with Crippen molar-refractivity contribution in [2.45, 2.75) is 25.8 Å². The minimum absolute atomic E-state index is 0.0206. The molecule has 0 atom stereocenters. The number of hydrogen-bond acceptors (Lipinski definition) is 5. The number of aromatic nitrogens is 2. The normalized spacial score (nSPS) is 15.0. The molecule has 1 fully saturated rings. The summed E-state index contributed by atoms with van der Waals surface area (Å²) >= 11 is 0. The van der Waals surface area contributed by atoms with E-state index in [0.717, 1.165) is 31.7 Å². The smallest absolute Gasteiger partial charge is 0.256 e. The Morgan fingerprint density at radius 1 is 1.24 bits per heavy atom. The van der Waals surface area contributed by atoms with Crippen LogP contribution in [0.1, 0.15) is 35.4 Å². The van der Waals surface area contributed by atoms with Crippen molar-refractivity contribution in [1.29, 1.82) is 0 Å². The van der Waals surface area contributed by atoms with Gasteiger partial charge in [0.2, 0.25) is 5.95 Å². The van der Waals surface area contributed by atoms with Crippen LogP contribution in [-0.4, -0.2) is 33.9 Å². The Labute approximate surface area is 123 Å². The van der Waals surface area contributed by atoms with Gasteiger partial charge >= 0.3 is 0 Å². The van der Waals surface area contributed by atoms with Gasteiger partial charge in [0.15, 0.2) is 0 Å². The molecule has 6 nitrogen and oxygen atoms in total. The largest absolute Gasteiger partial charge is 0.467 e. The van der Waals surface area contributed by atoms with Gasteiger partial charge in [-0.1, -0.05) is 0 Å². The number of rotatable bonds is 4. The highest BCUT2D eigenvalue weighted by molar-refractivity contribution is 5.93. The molecule has 1 N–H and O–H groups in total. The first kappa shape index (κ1) is 13.6. The molecule has 1 aliphatic heterocycles. The molecule has 3 heterocycles. The van der Waals surface area contributed by atoms with Crippen molar-refractivity contribution >= 4 is 11.9 Å². The molecule has 3 rings (SSSR count). The van der Waals surface area contributed by atoms with E-state index >= 15 is 0 Å². The van der Waals surface area contributed by atoms with E-state index in [1.807, 2.05) is 17.0 Å². The summed E-state index contributed by atoms with van der Waals surface area (Å²) < 4.78 is 5.22. The molecule has 6 heteroatoms. The highest BCUT2D eigenvalue weighted by Gasteiger charge is 2.18. The molecule has 1 aliphatic rings. The zero-order valence-corrected chi connectivity index (χ0v) is 11.8. The zero-order chi connectivity index (χ0) is 14.5. The van der Waals surface area contributed by atoms with E-state index in [1.54, 1.807) is 18.7 Å². The first-order chi connectivity index (χ1) is 10.3. The highest BCUT2D eigenvalue weighted by atomic mass is 16.3. The standard InChI is InChI=1S/C15H18N4O2/c20-14(19-6-2-1-3-7-19)12-9-16-15(17-10-12)18-11-13-5-4-8-21-13/h4-5,8-10H,1-3,6-7,11H2,(H,16,17,18). The summed E-state index contributed by atoms with van der Waals surface area (Å²) in [5.74, 6) is 1.32. The number of carbonyl (C=O) groups excluding carboxylic acids is 1. The average molecular weight is 286 g/mol. The fourth-order valence-corrected chi connectivity index (χ4v) is 2.39. The molecule has 110 valence electrons. The lowest BCUT2D eigenvalue weighted by Gasteiger charge is -2.26. The number of anilines is 1. The maximum atomic E-state index is 12.3. The second kappa shape index (κ2) is 6.39. The molecular weight excluding hydrogens is 268 g/mol. The number of amides is 1. The molecule has 0 radical (unpaired) electrons. The fraction of sp³-hybridized carbons (Fsp3) is 0.400. The van der Waals surface area contributed by atoms with E-state index in [1.165, 1.54) is 6.42 Å². The van der Waals surface area contributed by atoms with Crippen molar-refractivity contribution in [2.75, 3.05) is 18.4 Å². The van der Waals surface area contributed by atoms with E-state index in [0.29, 0.717) is 18.1 Å². The summed E-state index contributed by atoms with van der Waals surface area (Å²) in [7, 11) is 0. The van der Waals surface area contributed by atoms with Crippen molar-refractivity contribution in [2.24, 2.45) is 0 Å². The summed E-state index contributed by atoms with van der Waals surface area (Å²) in [6, 6.07) is 3.71. The third kappa shape index (κ3) is 3.39. The van der Waals surface area contributed by atoms with Gasteiger partial charge in [-0.15, -0.1) is 0 Å². The Kier molecular flexibility index (Phi) is 4.14. The molecule has 1 amide bonds. The quantitative estimate of drug-likeness (QED) is 0.933. The van der Waals surface area contributed by atoms with Crippen LogP contribution in [0.2, 0.25) is 0 Å². The third-order valence-corrected chi connectivity index (χ3v) is 3.54. The molecule has 2 aromatic rings. The molecule has 0 spiro atoms. The van der Waals surface area contributed by atoms with Gasteiger partial charge in [0, 0.05) is 25.5 Å². The third-order valence-electron chi connectivity index (χ3n) is 3.54. The van der Waals surface area contributed by atoms with Gasteiger partial charge < -0.3 is 14.6 Å². The minimum atomic E-state index is 0.0206. The van der Waals surface area contributed by atoms with Crippen molar-refractivity contribution < 1.29 is 9.21 Å². The molecule has 2 aromatic heterocycles. The second-order valence-corrected chi connectivity index (χ2v) is 5.08. The van der Waals surface area contributed by atoms with Crippen LogP contribution in [0.15, 0.2) is 35.2 Å². The molecule has 0 bridgehead atoms. The van der Waals surface area contributed by atoms with Crippen molar-refractivity contribution in [1.82, 2.24) is 14.9 Å². The summed E-state index contributed by atoms with van der Waals surface area (Å²) in [6.07, 6.45) is 8.14. The van der Waals surface area contributed by atoms with Gasteiger partial charge in [0.05, 0.1) is 18.4 Å². The minimum Gasteiger partial charge on any atom is -0.467 e. The zero-order valence-electron chi connectivity index (χ0n) is 11.8. The van der Waals surface area contributed by atoms with Gasteiger partial charge in [0.25, 0.3) is 5.91 Å². The van der Waals surface area contributed by atoms with Crippen LogP contribution < -0.4 is 5.32 Å². The van der Waals surface area contributed by atoms with Crippen molar-refractivity contribution in [3.05, 3.63) is 42.1 Å². The predicted octanol–water partition coefficient (Wildman–Crippen LogP) is 2.31. The Bertz CT molecular complexity index is 574. The number of likely N-dealkylation sites (tertiary alicyclic amines) is 1. The number of carbonyl (C=O) groups is 1. The van der Waals surface area contributed by atoms with Gasteiger partial charge in [-0.3, -0.25) is 4.79 Å². The predicted molar refractivity (Wildman–Crippen MR) is 77.8 cm³/mol. The average Bonchev–Trinajstić information content (AvgIpc) is 3.07. The Morgan fingerprint density at radius 2 is 2.00 bits per heavy atom. The molecule has 0 aliphatic carbocycles. The monoisotopic (exact) mass is 286 g/mol. The SMILES string of the molecule is O=C(c1cnc(NCc2ccco2)nc1)N1CCCCC1. The number of nitrogens with zero attached hydrogens (tertiary/aromatic N) is 3. The maximum absolute atomic E-state index is 12.3. The van der Waals surface area contributed by atoms with Crippen LogP contribution in [0, 0.1) is 0 Å². The van der Waals surface area contributed by atoms with E-state index in [-0.39, 0.29) is 5.91 Å². The van der Waals surface area contributed by atoms with Gasteiger partial charge in [-0.25, -0.2) is 9.97 Å². The maximum Gasteiger partial charge on any atom is 0.256 e. The molecule has 21 heavy (non-hydrogen) atoms. The molecular formula is C15H18N4O2. The van der Waals surface area contributed by atoms with Crippen LogP contribution in [0.3, 0.4) is 0 Å². The summed E-state index contributed by atoms with van der Waals surface area (Å²) in [5.41, 5.74) is 0.542. The van der Waals surface area contributed by atoms with Gasteiger partial charge in [0.1, 0.15) is 5.76 Å². The molecule has 0 aromatic carbocycles. The van der Waals surface area contributed by atoms with E-state index in [4.69, 9.17) is 4.42 Å². The summed E-state index contributed by atoms with van der Waals surface area (Å²) in [4.78, 5) is 22.5. The fourth-order valence-electron chi connectivity index (χ4n) is 2.39. The van der Waals surface area contributed by atoms with Crippen LogP contribution in [0.5, 0.6) is 0 Å². The molecule has 0 unspecified atom stereocenters. The molecule has 0 saturated carbocycles. The Hall–Kier alpha value is -2.37. The number of furan rings is 1. The first-order valence-corrected chi connectivity index (χ1v) is 7.20. The topological polar surface area (TPSA) is 71.3 Å². The highest BCUT2D eigenvalue weighted by Crippen LogP contribution is 2.13. The van der Waals surface area contributed by atoms with Crippen LogP contribution in [0.25, 0.3) is 0 Å². The second-order valence-electron chi connectivity index (χ2n) is 5.08. The van der Waals surface area contributed by atoms with E-state index < -0.39 is 0 Å². The lowest BCUT2D eigenvalue weighted by Crippen LogP contribution is -2.35. The van der Waals surface area contributed by atoms with Crippen LogP contribution in [-0.2, 0) is 6.54 Å². The molecule has 1 saturated heterocycles. The van der Waals surface area contributed by atoms with Crippen LogP contribution in [0.4, 0.5) is 5.95 Å². The lowest BCUT2D eigenvalue weighted by atomic mass is 10.1. The van der Waals surface area contributed by atoms with Gasteiger partial charge in [-0.05, 0) is 31.4 Å². The van der Waals surface area contributed by atoms with E-state index in [2.05, 4.69) is 15.3 Å². The lowest BCUT2D eigenvalue weighted by molar-refractivity contribution is 0.0723. The Morgan fingerprint density at radius 3 is 2.67 bits per heavy atom. The summed E-state index contributed by atoms with van der Waals surface area (Å²) in [6.45, 7) is 2.18. The summed E-state index contributed by atoms with van der Waals surface area (Å²) in [5, 5.41) is 3.05. The Balaban J connectivity index is 1.59. The number of hydrogen-bond donors (Lipinski definition) is 1. The van der Waals surface area contributed by atoms with Crippen LogP contribution >= 0.6 is 0 Å². The first-order valence-electron chi connectivity index (χ1n) is 7.20. The van der Waals surface area contributed by atoms with Gasteiger partial charge in [-0.2, -0.15) is 0 Å². The number of piperidine rings is 1. The van der Waals surface area contributed by atoms with E-state index in [9.17, 15) is 4.79 Å².